The Balaban J connectivity index is 2.28. The van der Waals surface area contributed by atoms with Gasteiger partial charge in [-0.05, 0) is 22.6 Å². The lowest BCUT2D eigenvalue weighted by molar-refractivity contribution is -0.118. The highest BCUT2D eigenvalue weighted by Gasteiger charge is 2.09. The van der Waals surface area contributed by atoms with Crippen LogP contribution in [0.1, 0.15) is 24.8 Å². The first-order chi connectivity index (χ1) is 8.66. The Bertz CT molecular complexity index is 534. The van der Waals surface area contributed by atoms with Gasteiger partial charge in [-0.15, -0.1) is 0 Å². The minimum atomic E-state index is -0.257. The normalized spacial score (nSPS) is 12.1. The highest BCUT2D eigenvalue weighted by molar-refractivity contribution is 5.75. The fourth-order valence-electron chi connectivity index (χ4n) is 2.07. The molecule has 1 amide bonds. The smallest absolute Gasteiger partial charge is 0.218 e. The summed E-state index contributed by atoms with van der Waals surface area (Å²) in [5, 5.41) is 0. The van der Waals surface area contributed by atoms with Crippen LogP contribution in [0.3, 0.4) is 0 Å². The molecule has 2 rings (SSSR count). The molecule has 0 radical (unpaired) electrons. The summed E-state index contributed by atoms with van der Waals surface area (Å²) in [4.78, 5) is 11.0. The van der Waals surface area contributed by atoms with Crippen LogP contribution >= 0.6 is 0 Å². The van der Waals surface area contributed by atoms with Gasteiger partial charge in [0.05, 0.1) is 0 Å². The number of nitrogens with two attached hydrogens (primary N) is 1. The molecule has 0 aliphatic rings. The van der Waals surface area contributed by atoms with E-state index in [1.54, 1.807) is 0 Å². The van der Waals surface area contributed by atoms with E-state index in [0.29, 0.717) is 6.42 Å². The van der Waals surface area contributed by atoms with Crippen LogP contribution in [0.25, 0.3) is 11.1 Å². The zero-order valence-corrected chi connectivity index (χ0v) is 10.5. The van der Waals surface area contributed by atoms with Crippen molar-refractivity contribution in [2.75, 3.05) is 0 Å². The minimum absolute atomic E-state index is 0.158. The molecule has 0 aliphatic carbocycles. The SMILES string of the molecule is CC(CC(N)=O)c1cccc(-c2ccccc2)c1. The quantitative estimate of drug-likeness (QED) is 0.873. The Kier molecular flexibility index (Phi) is 3.78. The summed E-state index contributed by atoms with van der Waals surface area (Å²) in [5.74, 6) is -0.0984. The number of hydrogen-bond donors (Lipinski definition) is 1. The van der Waals surface area contributed by atoms with Crippen LogP contribution in [0, 0.1) is 0 Å². The monoisotopic (exact) mass is 239 g/mol. The minimum Gasteiger partial charge on any atom is -0.370 e. The van der Waals surface area contributed by atoms with E-state index in [1.807, 2.05) is 37.3 Å². The molecule has 2 nitrogen and oxygen atoms in total. The summed E-state index contributed by atoms with van der Waals surface area (Å²) < 4.78 is 0. The molecule has 92 valence electrons. The van der Waals surface area contributed by atoms with E-state index in [4.69, 9.17) is 5.73 Å². The van der Waals surface area contributed by atoms with Gasteiger partial charge in [-0.2, -0.15) is 0 Å². The summed E-state index contributed by atoms with van der Waals surface area (Å²) in [6, 6.07) is 18.5. The molecule has 2 aromatic rings. The van der Waals surface area contributed by atoms with Crippen molar-refractivity contribution >= 4 is 5.91 Å². The van der Waals surface area contributed by atoms with Crippen molar-refractivity contribution in [1.82, 2.24) is 0 Å². The van der Waals surface area contributed by atoms with E-state index in [-0.39, 0.29) is 11.8 Å². The molecular formula is C16H17NO. The summed E-state index contributed by atoms with van der Waals surface area (Å²) in [5.41, 5.74) is 8.75. The van der Waals surface area contributed by atoms with E-state index in [2.05, 4.69) is 24.3 Å². The Hall–Kier alpha value is -2.09. The largest absolute Gasteiger partial charge is 0.370 e. The Morgan fingerprint density at radius 3 is 2.39 bits per heavy atom. The fourth-order valence-corrected chi connectivity index (χ4v) is 2.07. The maximum Gasteiger partial charge on any atom is 0.218 e. The van der Waals surface area contributed by atoms with Crippen molar-refractivity contribution < 1.29 is 4.79 Å². The number of primary amides is 1. The Labute approximate surface area is 107 Å². The zero-order valence-electron chi connectivity index (χ0n) is 10.5. The van der Waals surface area contributed by atoms with Gasteiger partial charge in [0, 0.05) is 6.42 Å². The fraction of sp³-hybridized carbons (Fsp3) is 0.188. The molecule has 2 heteroatoms. The van der Waals surface area contributed by atoms with E-state index in [0.717, 1.165) is 5.56 Å². The third kappa shape index (κ3) is 2.98. The molecule has 0 spiro atoms. The van der Waals surface area contributed by atoms with Crippen molar-refractivity contribution in [3.8, 4) is 11.1 Å². The lowest BCUT2D eigenvalue weighted by atomic mass is 9.94. The summed E-state index contributed by atoms with van der Waals surface area (Å²) in [6.45, 7) is 2.02. The Morgan fingerprint density at radius 1 is 1.06 bits per heavy atom. The van der Waals surface area contributed by atoms with Crippen LogP contribution < -0.4 is 5.73 Å². The number of carbonyl (C=O) groups excluding carboxylic acids is 1. The van der Waals surface area contributed by atoms with Crippen molar-refractivity contribution in [3.05, 3.63) is 60.2 Å². The Morgan fingerprint density at radius 2 is 1.72 bits per heavy atom. The topological polar surface area (TPSA) is 43.1 Å². The molecule has 0 saturated carbocycles. The molecule has 1 atom stereocenters. The van der Waals surface area contributed by atoms with Crippen molar-refractivity contribution in [2.45, 2.75) is 19.3 Å². The molecule has 0 aliphatic heterocycles. The average Bonchev–Trinajstić information content (AvgIpc) is 2.39. The van der Waals surface area contributed by atoms with Gasteiger partial charge in [-0.3, -0.25) is 4.79 Å². The highest BCUT2D eigenvalue weighted by atomic mass is 16.1. The van der Waals surface area contributed by atoms with Crippen LogP contribution in [-0.2, 0) is 4.79 Å². The van der Waals surface area contributed by atoms with Gasteiger partial charge < -0.3 is 5.73 Å². The third-order valence-corrected chi connectivity index (χ3v) is 3.07. The molecule has 0 bridgehead atoms. The number of rotatable bonds is 4. The second-order valence-corrected chi connectivity index (χ2v) is 4.56. The van der Waals surface area contributed by atoms with Gasteiger partial charge in [0.1, 0.15) is 0 Å². The van der Waals surface area contributed by atoms with Crippen molar-refractivity contribution in [3.63, 3.8) is 0 Å². The van der Waals surface area contributed by atoms with Gasteiger partial charge in [0.15, 0.2) is 0 Å². The maximum atomic E-state index is 11.0. The molecule has 0 saturated heterocycles. The maximum absolute atomic E-state index is 11.0. The summed E-state index contributed by atoms with van der Waals surface area (Å²) >= 11 is 0. The van der Waals surface area contributed by atoms with Crippen molar-refractivity contribution in [1.29, 1.82) is 0 Å². The first-order valence-corrected chi connectivity index (χ1v) is 6.10. The average molecular weight is 239 g/mol. The lowest BCUT2D eigenvalue weighted by Crippen LogP contribution is -2.13. The molecule has 0 aromatic heterocycles. The van der Waals surface area contributed by atoms with Crippen LogP contribution in [0.2, 0.25) is 0 Å². The van der Waals surface area contributed by atoms with Gasteiger partial charge >= 0.3 is 0 Å². The molecule has 2 aromatic carbocycles. The third-order valence-electron chi connectivity index (χ3n) is 3.07. The first kappa shape index (κ1) is 12.4. The predicted molar refractivity (Wildman–Crippen MR) is 74.1 cm³/mol. The number of carbonyl (C=O) groups is 1. The van der Waals surface area contributed by atoms with E-state index < -0.39 is 0 Å². The molecule has 0 fully saturated rings. The van der Waals surface area contributed by atoms with Crippen molar-refractivity contribution in [2.24, 2.45) is 5.73 Å². The predicted octanol–water partition coefficient (Wildman–Crippen LogP) is 3.33. The zero-order chi connectivity index (χ0) is 13.0. The van der Waals surface area contributed by atoms with E-state index >= 15 is 0 Å². The molecule has 1 unspecified atom stereocenters. The molecule has 2 N–H and O–H groups in total. The second-order valence-electron chi connectivity index (χ2n) is 4.56. The van der Waals surface area contributed by atoms with E-state index in [1.165, 1.54) is 11.1 Å². The molecular weight excluding hydrogens is 222 g/mol. The number of benzene rings is 2. The van der Waals surface area contributed by atoms with Gasteiger partial charge in [-0.1, -0.05) is 61.5 Å². The highest BCUT2D eigenvalue weighted by Crippen LogP contribution is 2.25. The standard InChI is InChI=1S/C16H17NO/c1-12(10-16(17)18)14-8-5-9-15(11-14)13-6-3-2-4-7-13/h2-9,11-12H,10H2,1H3,(H2,17,18). The van der Waals surface area contributed by atoms with Gasteiger partial charge in [0.2, 0.25) is 5.91 Å². The number of amides is 1. The van der Waals surface area contributed by atoms with Gasteiger partial charge in [-0.25, -0.2) is 0 Å². The summed E-state index contributed by atoms with van der Waals surface area (Å²) in [7, 11) is 0. The van der Waals surface area contributed by atoms with Gasteiger partial charge in [0.25, 0.3) is 0 Å². The van der Waals surface area contributed by atoms with E-state index in [9.17, 15) is 4.79 Å². The number of hydrogen-bond acceptors (Lipinski definition) is 1. The molecule has 18 heavy (non-hydrogen) atoms. The summed E-state index contributed by atoms with van der Waals surface area (Å²) in [6.07, 6.45) is 0.387. The lowest BCUT2D eigenvalue weighted by Gasteiger charge is -2.11. The first-order valence-electron chi connectivity index (χ1n) is 6.10. The van der Waals surface area contributed by atoms with Crippen LogP contribution in [0.4, 0.5) is 0 Å². The van der Waals surface area contributed by atoms with Crippen LogP contribution in [-0.4, -0.2) is 5.91 Å². The van der Waals surface area contributed by atoms with Crippen LogP contribution in [0.15, 0.2) is 54.6 Å². The van der Waals surface area contributed by atoms with Crippen LogP contribution in [0.5, 0.6) is 0 Å². The molecule has 0 heterocycles. The second kappa shape index (κ2) is 5.50.